The van der Waals surface area contributed by atoms with E-state index in [0.717, 1.165) is 24.2 Å². The quantitative estimate of drug-likeness (QED) is 0.554. The van der Waals surface area contributed by atoms with E-state index in [2.05, 4.69) is 27.0 Å². The lowest BCUT2D eigenvalue weighted by atomic mass is 9.83. The van der Waals surface area contributed by atoms with E-state index in [-0.39, 0.29) is 23.4 Å². The van der Waals surface area contributed by atoms with E-state index in [9.17, 15) is 14.7 Å². The van der Waals surface area contributed by atoms with Crippen molar-refractivity contribution in [1.82, 2.24) is 14.5 Å². The van der Waals surface area contributed by atoms with Crippen molar-refractivity contribution in [2.24, 2.45) is 5.92 Å². The first-order chi connectivity index (χ1) is 16.0. The molecule has 170 valence electrons. The summed E-state index contributed by atoms with van der Waals surface area (Å²) in [5.41, 5.74) is 4.20. The molecule has 33 heavy (non-hydrogen) atoms. The number of urea groups is 1. The van der Waals surface area contributed by atoms with E-state index in [0.29, 0.717) is 25.2 Å². The van der Waals surface area contributed by atoms with Crippen molar-refractivity contribution in [1.29, 1.82) is 0 Å². The number of aliphatic hydroxyl groups is 1. The van der Waals surface area contributed by atoms with Gasteiger partial charge in [0.25, 0.3) is 0 Å². The summed E-state index contributed by atoms with van der Waals surface area (Å²) in [7, 11) is 0. The highest BCUT2D eigenvalue weighted by Gasteiger charge is 2.34. The number of nitrogens with one attached hydrogen (secondary N) is 1. The minimum absolute atomic E-state index is 0.119. The van der Waals surface area contributed by atoms with Gasteiger partial charge in [-0.3, -0.25) is 0 Å². The number of carboxylic acid groups (broad SMARTS) is 1. The van der Waals surface area contributed by atoms with Crippen LogP contribution in [0.3, 0.4) is 0 Å². The van der Waals surface area contributed by atoms with Crippen molar-refractivity contribution in [3.8, 4) is 5.69 Å². The number of likely N-dealkylation sites (tertiary alicyclic amines) is 1. The molecule has 1 fully saturated rings. The number of para-hydroxylation sites is 1. The average Bonchev–Trinajstić information content (AvgIpc) is 3.42. The number of piperidine rings is 1. The summed E-state index contributed by atoms with van der Waals surface area (Å²) in [4.78, 5) is 29.6. The molecule has 2 unspecified atom stereocenters. The van der Waals surface area contributed by atoms with Crippen LogP contribution in [0.2, 0.25) is 0 Å². The SMILES string of the molecule is O=C(O)c1ccc(NC(=O)N2CCC(C(O)CC3c4ccccc4-n4cncc43)CC2)cc1. The lowest BCUT2D eigenvalue weighted by Crippen LogP contribution is -2.43. The van der Waals surface area contributed by atoms with Crippen LogP contribution in [0.4, 0.5) is 10.5 Å². The highest BCUT2D eigenvalue weighted by Crippen LogP contribution is 2.41. The molecule has 3 heterocycles. The summed E-state index contributed by atoms with van der Waals surface area (Å²) >= 11 is 0. The standard InChI is InChI=1S/C25H26N4O4/c30-23(13-20-19-3-1-2-4-21(19)29-15-26-14-22(20)29)16-9-11-28(12-10-16)25(33)27-18-7-5-17(6-8-18)24(31)32/h1-8,14-16,20,23,30H,9-13H2,(H,27,33)(H,31,32). The van der Waals surface area contributed by atoms with E-state index >= 15 is 0 Å². The Morgan fingerprint density at radius 1 is 1.09 bits per heavy atom. The molecule has 3 N–H and O–H groups in total. The monoisotopic (exact) mass is 446 g/mol. The number of aromatic nitrogens is 2. The number of amides is 2. The third-order valence-corrected chi connectivity index (χ3v) is 6.83. The number of carbonyl (C=O) groups excluding carboxylic acids is 1. The third kappa shape index (κ3) is 4.09. The van der Waals surface area contributed by atoms with Gasteiger partial charge in [0, 0.05) is 30.9 Å². The molecule has 1 saturated heterocycles. The van der Waals surface area contributed by atoms with Crippen molar-refractivity contribution in [3.63, 3.8) is 0 Å². The Labute approximate surface area is 191 Å². The first-order valence-electron chi connectivity index (χ1n) is 11.2. The molecule has 3 aromatic rings. The molecule has 0 aliphatic carbocycles. The minimum atomic E-state index is -1.00. The highest BCUT2D eigenvalue weighted by atomic mass is 16.4. The number of rotatable bonds is 5. The zero-order valence-corrected chi connectivity index (χ0v) is 18.1. The van der Waals surface area contributed by atoms with Crippen LogP contribution in [-0.2, 0) is 0 Å². The molecule has 0 saturated carbocycles. The van der Waals surface area contributed by atoms with Crippen molar-refractivity contribution in [2.45, 2.75) is 31.3 Å². The molecule has 5 rings (SSSR count). The number of hydrogen-bond donors (Lipinski definition) is 3. The fourth-order valence-corrected chi connectivity index (χ4v) is 4.99. The van der Waals surface area contributed by atoms with E-state index in [1.54, 1.807) is 17.0 Å². The van der Waals surface area contributed by atoms with Gasteiger partial charge in [0.2, 0.25) is 0 Å². The first-order valence-corrected chi connectivity index (χ1v) is 11.2. The van der Waals surface area contributed by atoms with Gasteiger partial charge in [-0.25, -0.2) is 14.6 Å². The van der Waals surface area contributed by atoms with Gasteiger partial charge in [0.1, 0.15) is 0 Å². The summed E-state index contributed by atoms with van der Waals surface area (Å²) < 4.78 is 2.10. The second kappa shape index (κ2) is 8.71. The zero-order valence-electron chi connectivity index (χ0n) is 18.1. The molecule has 0 spiro atoms. The number of carbonyl (C=O) groups is 2. The van der Waals surface area contributed by atoms with Gasteiger partial charge >= 0.3 is 12.0 Å². The molecule has 2 aliphatic heterocycles. The smallest absolute Gasteiger partial charge is 0.335 e. The average molecular weight is 447 g/mol. The van der Waals surface area contributed by atoms with Gasteiger partial charge in [0.15, 0.2) is 0 Å². The van der Waals surface area contributed by atoms with E-state index in [1.807, 2.05) is 24.7 Å². The van der Waals surface area contributed by atoms with Gasteiger partial charge in [-0.15, -0.1) is 0 Å². The Hall–Kier alpha value is -3.65. The van der Waals surface area contributed by atoms with Crippen LogP contribution in [0.5, 0.6) is 0 Å². The number of carboxylic acids is 1. The Kier molecular flexibility index (Phi) is 5.60. The van der Waals surface area contributed by atoms with Crippen molar-refractivity contribution in [2.75, 3.05) is 18.4 Å². The molecule has 2 atom stereocenters. The summed E-state index contributed by atoms with van der Waals surface area (Å²) in [6, 6.07) is 14.1. The van der Waals surface area contributed by atoms with Crippen LogP contribution in [0, 0.1) is 5.92 Å². The number of nitrogens with zero attached hydrogens (tertiary/aromatic N) is 3. The van der Waals surface area contributed by atoms with Crippen molar-refractivity contribution in [3.05, 3.63) is 77.9 Å². The van der Waals surface area contributed by atoms with Gasteiger partial charge in [-0.2, -0.15) is 0 Å². The molecule has 0 radical (unpaired) electrons. The Morgan fingerprint density at radius 3 is 2.55 bits per heavy atom. The van der Waals surface area contributed by atoms with E-state index in [1.165, 1.54) is 17.7 Å². The third-order valence-electron chi connectivity index (χ3n) is 6.83. The Balaban J connectivity index is 1.17. The van der Waals surface area contributed by atoms with Gasteiger partial charge < -0.3 is 25.0 Å². The van der Waals surface area contributed by atoms with Gasteiger partial charge in [0.05, 0.1) is 29.4 Å². The normalized spacial score (nSPS) is 18.5. The van der Waals surface area contributed by atoms with E-state index < -0.39 is 12.1 Å². The summed E-state index contributed by atoms with van der Waals surface area (Å²) in [6.07, 6.45) is 5.36. The van der Waals surface area contributed by atoms with Crippen molar-refractivity contribution < 1.29 is 19.8 Å². The molecular weight excluding hydrogens is 420 g/mol. The fraction of sp³-hybridized carbons (Fsp3) is 0.320. The number of benzene rings is 2. The first kappa shape index (κ1) is 21.2. The largest absolute Gasteiger partial charge is 0.478 e. The molecule has 8 nitrogen and oxygen atoms in total. The zero-order chi connectivity index (χ0) is 22.9. The predicted molar refractivity (Wildman–Crippen MR) is 123 cm³/mol. The second-order valence-corrected chi connectivity index (χ2v) is 8.74. The molecule has 2 aromatic carbocycles. The fourth-order valence-electron chi connectivity index (χ4n) is 4.99. The van der Waals surface area contributed by atoms with E-state index in [4.69, 9.17) is 5.11 Å². The van der Waals surface area contributed by atoms with Crippen molar-refractivity contribution >= 4 is 17.7 Å². The van der Waals surface area contributed by atoms with Crippen LogP contribution in [0.15, 0.2) is 61.1 Å². The molecule has 2 aliphatic rings. The topological polar surface area (TPSA) is 108 Å². The summed E-state index contributed by atoms with van der Waals surface area (Å²) in [5, 5.41) is 22.9. The Bertz CT molecular complexity index is 1170. The second-order valence-electron chi connectivity index (χ2n) is 8.74. The predicted octanol–water partition coefficient (Wildman–Crippen LogP) is 3.71. The van der Waals surface area contributed by atoms with Gasteiger partial charge in [-0.05, 0) is 61.1 Å². The van der Waals surface area contributed by atoms with Gasteiger partial charge in [-0.1, -0.05) is 18.2 Å². The number of aromatic carboxylic acids is 1. The molecular formula is C25H26N4O4. The van der Waals surface area contributed by atoms with Crippen LogP contribution >= 0.6 is 0 Å². The Morgan fingerprint density at radius 2 is 1.82 bits per heavy atom. The maximum Gasteiger partial charge on any atom is 0.335 e. The number of hydrogen-bond acceptors (Lipinski definition) is 4. The lowest BCUT2D eigenvalue weighted by Gasteiger charge is -2.35. The molecule has 8 heteroatoms. The van der Waals surface area contributed by atoms with Crippen LogP contribution < -0.4 is 5.32 Å². The number of anilines is 1. The molecule has 0 bridgehead atoms. The number of fused-ring (bicyclic) bond motifs is 3. The lowest BCUT2D eigenvalue weighted by molar-refractivity contribution is 0.0595. The number of aliphatic hydroxyl groups excluding tert-OH is 1. The maximum absolute atomic E-state index is 12.6. The maximum atomic E-state index is 12.6. The van der Waals surface area contributed by atoms with Crippen LogP contribution in [-0.4, -0.2) is 55.9 Å². The summed E-state index contributed by atoms with van der Waals surface area (Å²) in [5.74, 6) is -0.749. The number of imidazole rings is 1. The molecule has 1 aromatic heterocycles. The minimum Gasteiger partial charge on any atom is -0.478 e. The molecule has 2 amide bonds. The summed E-state index contributed by atoms with van der Waals surface area (Å²) in [6.45, 7) is 1.14. The van der Waals surface area contributed by atoms with Crippen LogP contribution in [0.1, 0.15) is 46.8 Å². The highest BCUT2D eigenvalue weighted by molar-refractivity contribution is 5.91. The van der Waals surface area contributed by atoms with Crippen LogP contribution in [0.25, 0.3) is 5.69 Å².